The predicted octanol–water partition coefficient (Wildman–Crippen LogP) is 1.67. The van der Waals surface area contributed by atoms with E-state index >= 15 is 0 Å². The number of rotatable bonds is 3. The Labute approximate surface area is 124 Å². The maximum Gasteiger partial charge on any atom is 0.169 e. The van der Waals surface area contributed by atoms with E-state index in [-0.39, 0.29) is 0 Å². The van der Waals surface area contributed by atoms with Crippen molar-refractivity contribution in [2.45, 2.75) is 6.54 Å². The van der Waals surface area contributed by atoms with Gasteiger partial charge in [0.1, 0.15) is 6.07 Å². The molecule has 1 fully saturated rings. The molecule has 0 amide bonds. The van der Waals surface area contributed by atoms with Crippen molar-refractivity contribution in [2.75, 3.05) is 31.1 Å². The van der Waals surface area contributed by atoms with Gasteiger partial charge in [0.05, 0.1) is 11.8 Å². The Hall–Kier alpha value is -2.45. The monoisotopic (exact) mass is 279 g/mol. The highest BCUT2D eigenvalue weighted by molar-refractivity contribution is 5.52. The Balaban J connectivity index is 1.62. The Morgan fingerprint density at radius 2 is 1.81 bits per heavy atom. The third kappa shape index (κ3) is 3.18. The fourth-order valence-electron chi connectivity index (χ4n) is 2.60. The molecule has 1 aromatic heterocycles. The molecule has 0 aliphatic carbocycles. The summed E-state index contributed by atoms with van der Waals surface area (Å²) in [5.41, 5.74) is 1.93. The van der Waals surface area contributed by atoms with E-state index in [0.717, 1.165) is 32.7 Å². The molecule has 0 radical (unpaired) electrons. The molecule has 5 nitrogen and oxygen atoms in total. The van der Waals surface area contributed by atoms with Crippen molar-refractivity contribution < 1.29 is 0 Å². The first kappa shape index (κ1) is 13.5. The number of piperazine rings is 1. The van der Waals surface area contributed by atoms with E-state index in [2.05, 4.69) is 50.3 Å². The lowest BCUT2D eigenvalue weighted by molar-refractivity contribution is 0.249. The first-order valence-corrected chi connectivity index (χ1v) is 7.10. The smallest absolute Gasteiger partial charge is 0.169 e. The van der Waals surface area contributed by atoms with E-state index in [1.165, 1.54) is 5.56 Å². The van der Waals surface area contributed by atoms with Gasteiger partial charge < -0.3 is 4.90 Å². The fourth-order valence-corrected chi connectivity index (χ4v) is 2.60. The average Bonchev–Trinajstić information content (AvgIpc) is 2.56. The summed E-state index contributed by atoms with van der Waals surface area (Å²) in [6, 6.07) is 14.4. The van der Waals surface area contributed by atoms with Crippen LogP contribution in [0.4, 0.5) is 5.82 Å². The zero-order valence-electron chi connectivity index (χ0n) is 11.8. The number of hydrogen-bond donors (Lipinski definition) is 0. The first-order chi connectivity index (χ1) is 10.4. The fraction of sp³-hybridized carbons (Fsp3) is 0.312. The second-order valence-corrected chi connectivity index (χ2v) is 5.13. The number of anilines is 1. The van der Waals surface area contributed by atoms with Crippen molar-refractivity contribution in [3.8, 4) is 6.07 Å². The van der Waals surface area contributed by atoms with E-state index in [1.807, 2.05) is 6.07 Å². The Bertz CT molecular complexity index is 627. The van der Waals surface area contributed by atoms with Crippen LogP contribution in [0.15, 0.2) is 42.6 Å². The van der Waals surface area contributed by atoms with Gasteiger partial charge in [-0.05, 0) is 11.6 Å². The molecule has 1 aromatic carbocycles. The molecular formula is C16H17N5. The summed E-state index contributed by atoms with van der Waals surface area (Å²) in [5.74, 6) is 0.708. The molecule has 21 heavy (non-hydrogen) atoms. The van der Waals surface area contributed by atoms with Crippen molar-refractivity contribution in [2.24, 2.45) is 0 Å². The molecule has 0 N–H and O–H groups in total. The zero-order chi connectivity index (χ0) is 14.5. The lowest BCUT2D eigenvalue weighted by Crippen LogP contribution is -2.46. The molecule has 106 valence electrons. The SMILES string of the molecule is N#Cc1ccnnc1N1CCN(Cc2ccccc2)CC1. The molecule has 2 heterocycles. The third-order valence-electron chi connectivity index (χ3n) is 3.74. The number of nitriles is 1. The summed E-state index contributed by atoms with van der Waals surface area (Å²) in [6.45, 7) is 4.66. The molecule has 3 rings (SSSR count). The van der Waals surface area contributed by atoms with E-state index < -0.39 is 0 Å². The molecule has 2 aromatic rings. The maximum atomic E-state index is 9.14. The van der Waals surface area contributed by atoms with Crippen molar-refractivity contribution >= 4 is 5.82 Å². The number of hydrogen-bond acceptors (Lipinski definition) is 5. The summed E-state index contributed by atoms with van der Waals surface area (Å²) in [6.07, 6.45) is 1.56. The van der Waals surface area contributed by atoms with Gasteiger partial charge >= 0.3 is 0 Å². The second kappa shape index (κ2) is 6.33. The summed E-state index contributed by atoms with van der Waals surface area (Å²) in [5, 5.41) is 17.2. The van der Waals surface area contributed by atoms with Crippen LogP contribution in [0.1, 0.15) is 11.1 Å². The second-order valence-electron chi connectivity index (χ2n) is 5.13. The van der Waals surface area contributed by atoms with Gasteiger partial charge in [0.2, 0.25) is 0 Å². The highest BCUT2D eigenvalue weighted by atomic mass is 15.3. The van der Waals surface area contributed by atoms with Crippen LogP contribution >= 0.6 is 0 Å². The van der Waals surface area contributed by atoms with Crippen molar-refractivity contribution in [3.05, 3.63) is 53.7 Å². The molecule has 0 bridgehead atoms. The molecule has 0 spiro atoms. The predicted molar refractivity (Wildman–Crippen MR) is 80.7 cm³/mol. The van der Waals surface area contributed by atoms with Crippen LogP contribution in [0.25, 0.3) is 0 Å². The lowest BCUT2D eigenvalue weighted by Gasteiger charge is -2.35. The minimum absolute atomic E-state index is 0.599. The quantitative estimate of drug-likeness (QED) is 0.855. The first-order valence-electron chi connectivity index (χ1n) is 7.10. The van der Waals surface area contributed by atoms with Gasteiger partial charge in [0.15, 0.2) is 5.82 Å². The molecule has 0 unspecified atom stereocenters. The topological polar surface area (TPSA) is 56.1 Å². The molecule has 1 aliphatic heterocycles. The standard InChI is InChI=1S/C16H17N5/c17-12-15-6-7-18-19-16(15)21-10-8-20(9-11-21)13-14-4-2-1-3-5-14/h1-7H,8-11,13H2. The largest absolute Gasteiger partial charge is 0.351 e. The number of benzene rings is 1. The van der Waals surface area contributed by atoms with Gasteiger partial charge in [-0.3, -0.25) is 4.90 Å². The minimum atomic E-state index is 0.599. The Morgan fingerprint density at radius 1 is 1.05 bits per heavy atom. The summed E-state index contributed by atoms with van der Waals surface area (Å²) >= 11 is 0. The van der Waals surface area contributed by atoms with Crippen LogP contribution < -0.4 is 4.90 Å². The molecule has 1 saturated heterocycles. The van der Waals surface area contributed by atoms with Crippen LogP contribution in [-0.4, -0.2) is 41.3 Å². The van der Waals surface area contributed by atoms with Crippen LogP contribution in [0.5, 0.6) is 0 Å². The van der Waals surface area contributed by atoms with Crippen LogP contribution in [0.3, 0.4) is 0 Å². The molecule has 0 atom stereocenters. The summed E-state index contributed by atoms with van der Waals surface area (Å²) < 4.78 is 0. The number of aromatic nitrogens is 2. The summed E-state index contributed by atoms with van der Waals surface area (Å²) in [4.78, 5) is 4.57. The van der Waals surface area contributed by atoms with Crippen molar-refractivity contribution in [1.29, 1.82) is 5.26 Å². The highest BCUT2D eigenvalue weighted by Crippen LogP contribution is 2.18. The van der Waals surface area contributed by atoms with E-state index in [1.54, 1.807) is 12.3 Å². The Kier molecular flexibility index (Phi) is 4.08. The Morgan fingerprint density at radius 3 is 2.52 bits per heavy atom. The normalized spacial score (nSPS) is 15.7. The van der Waals surface area contributed by atoms with E-state index in [0.29, 0.717) is 11.4 Å². The van der Waals surface area contributed by atoms with Gasteiger partial charge in [-0.1, -0.05) is 30.3 Å². The van der Waals surface area contributed by atoms with Gasteiger partial charge in [-0.25, -0.2) is 0 Å². The van der Waals surface area contributed by atoms with Crippen LogP contribution in [0, 0.1) is 11.3 Å². The van der Waals surface area contributed by atoms with E-state index in [9.17, 15) is 0 Å². The maximum absolute atomic E-state index is 9.14. The van der Waals surface area contributed by atoms with Crippen LogP contribution in [-0.2, 0) is 6.54 Å². The minimum Gasteiger partial charge on any atom is -0.351 e. The average molecular weight is 279 g/mol. The number of nitrogens with zero attached hydrogens (tertiary/aromatic N) is 5. The van der Waals surface area contributed by atoms with E-state index in [4.69, 9.17) is 5.26 Å². The van der Waals surface area contributed by atoms with Gasteiger partial charge in [-0.15, -0.1) is 5.10 Å². The van der Waals surface area contributed by atoms with Gasteiger partial charge in [0.25, 0.3) is 0 Å². The van der Waals surface area contributed by atoms with Gasteiger partial charge in [0, 0.05) is 32.7 Å². The third-order valence-corrected chi connectivity index (χ3v) is 3.74. The molecule has 1 aliphatic rings. The highest BCUT2D eigenvalue weighted by Gasteiger charge is 2.20. The lowest BCUT2D eigenvalue weighted by atomic mass is 10.2. The molecule has 5 heteroatoms. The van der Waals surface area contributed by atoms with Crippen LogP contribution in [0.2, 0.25) is 0 Å². The summed E-state index contributed by atoms with van der Waals surface area (Å²) in [7, 11) is 0. The van der Waals surface area contributed by atoms with Crippen molar-refractivity contribution in [1.82, 2.24) is 15.1 Å². The van der Waals surface area contributed by atoms with Gasteiger partial charge in [-0.2, -0.15) is 10.4 Å². The zero-order valence-corrected chi connectivity index (χ0v) is 11.8. The molecule has 0 saturated carbocycles. The molecular weight excluding hydrogens is 262 g/mol. The van der Waals surface area contributed by atoms with Crippen molar-refractivity contribution in [3.63, 3.8) is 0 Å².